The van der Waals surface area contributed by atoms with E-state index in [0.29, 0.717) is 5.92 Å². The number of nitrogens with zero attached hydrogens (tertiary/aromatic N) is 3. The molecule has 4 unspecified atom stereocenters. The van der Waals surface area contributed by atoms with Gasteiger partial charge in [0.25, 0.3) is 0 Å². The number of allylic oxidation sites excluding steroid dienone is 10. The fraction of sp³-hybridized carbons (Fsp3) is 0.120. The molecule has 0 amide bonds. The first-order valence-corrected chi connectivity index (χ1v) is 19.0. The maximum absolute atomic E-state index is 6.53. The summed E-state index contributed by atoms with van der Waals surface area (Å²) in [5.74, 6) is 3.48. The summed E-state index contributed by atoms with van der Waals surface area (Å²) >= 11 is 0. The minimum absolute atomic E-state index is 0.0418. The topological polar surface area (TPSA) is 38.2 Å². The smallest absolute Gasteiger partial charge is 0.231 e. The molecule has 54 heavy (non-hydrogen) atoms. The molecule has 3 heterocycles. The van der Waals surface area contributed by atoms with E-state index in [1.807, 2.05) is 0 Å². The largest absolute Gasteiger partial charge is 0.460 e. The van der Waals surface area contributed by atoms with Crippen molar-refractivity contribution in [1.82, 2.24) is 9.97 Å². The van der Waals surface area contributed by atoms with Gasteiger partial charge in [-0.05, 0) is 64.9 Å². The molecule has 2 aliphatic heterocycles. The second-order valence-corrected chi connectivity index (χ2v) is 14.8. The number of para-hydroxylation sites is 3. The van der Waals surface area contributed by atoms with E-state index in [-0.39, 0.29) is 17.9 Å². The summed E-state index contributed by atoms with van der Waals surface area (Å²) in [4.78, 5) is 13.1. The van der Waals surface area contributed by atoms with Gasteiger partial charge in [0.2, 0.25) is 5.95 Å². The van der Waals surface area contributed by atoms with Crippen molar-refractivity contribution in [2.24, 2.45) is 0 Å². The number of anilines is 2. The predicted molar refractivity (Wildman–Crippen MR) is 219 cm³/mol. The second kappa shape index (κ2) is 12.6. The molecular weight excluding hydrogens is 659 g/mol. The third-order valence-corrected chi connectivity index (χ3v) is 11.7. The van der Waals surface area contributed by atoms with E-state index in [4.69, 9.17) is 14.7 Å². The normalized spacial score (nSPS) is 22.0. The molecule has 6 aromatic rings. The average Bonchev–Trinajstić information content (AvgIpc) is 3.79. The molecular formula is C50H37N3O. The van der Waals surface area contributed by atoms with Gasteiger partial charge in [-0.2, -0.15) is 0 Å². The molecule has 3 aliphatic carbocycles. The van der Waals surface area contributed by atoms with Gasteiger partial charge in [-0.3, -0.25) is 0 Å². The molecule has 0 bridgehead atoms. The predicted octanol–water partition coefficient (Wildman–Crippen LogP) is 11.9. The summed E-state index contributed by atoms with van der Waals surface area (Å²) in [6.45, 7) is 0. The Hall–Kier alpha value is -6.52. The van der Waals surface area contributed by atoms with E-state index in [1.165, 1.54) is 39.0 Å². The molecule has 11 rings (SSSR count). The molecule has 4 heteroatoms. The van der Waals surface area contributed by atoms with Crippen LogP contribution in [0.25, 0.3) is 27.7 Å². The molecule has 0 N–H and O–H groups in total. The molecule has 258 valence electrons. The zero-order chi connectivity index (χ0) is 35.6. The van der Waals surface area contributed by atoms with Gasteiger partial charge in [0.05, 0.1) is 17.3 Å². The Kier molecular flexibility index (Phi) is 7.22. The van der Waals surface area contributed by atoms with E-state index in [0.717, 1.165) is 58.1 Å². The van der Waals surface area contributed by atoms with E-state index in [2.05, 4.69) is 181 Å². The van der Waals surface area contributed by atoms with Crippen LogP contribution in [0.5, 0.6) is 5.75 Å². The van der Waals surface area contributed by atoms with Crippen molar-refractivity contribution in [2.75, 3.05) is 4.90 Å². The third-order valence-electron chi connectivity index (χ3n) is 11.7. The number of rotatable bonds is 5. The van der Waals surface area contributed by atoms with Gasteiger partial charge in [0.15, 0.2) is 0 Å². The third kappa shape index (κ3) is 5.05. The zero-order valence-corrected chi connectivity index (χ0v) is 29.7. The number of hydrogen-bond donors (Lipinski definition) is 0. The van der Waals surface area contributed by atoms with Crippen molar-refractivity contribution in [1.29, 1.82) is 0 Å². The molecule has 0 spiro atoms. The van der Waals surface area contributed by atoms with Crippen LogP contribution < -0.4 is 9.64 Å². The second-order valence-electron chi connectivity index (χ2n) is 14.8. The van der Waals surface area contributed by atoms with Crippen molar-refractivity contribution < 1.29 is 4.74 Å². The summed E-state index contributed by atoms with van der Waals surface area (Å²) in [5, 5.41) is 1.05. The van der Waals surface area contributed by atoms with Crippen molar-refractivity contribution in [3.05, 3.63) is 215 Å². The van der Waals surface area contributed by atoms with E-state index < -0.39 is 0 Å². The Balaban J connectivity index is 0.960. The first kappa shape index (κ1) is 31.0. The molecule has 4 nitrogen and oxygen atoms in total. The lowest BCUT2D eigenvalue weighted by Crippen LogP contribution is -2.30. The Morgan fingerprint density at radius 1 is 0.648 bits per heavy atom. The highest BCUT2D eigenvalue weighted by atomic mass is 16.5. The first-order valence-electron chi connectivity index (χ1n) is 19.0. The summed E-state index contributed by atoms with van der Waals surface area (Å²) in [5.41, 5.74) is 12.9. The highest BCUT2D eigenvalue weighted by Crippen LogP contribution is 2.51. The zero-order valence-electron chi connectivity index (χ0n) is 29.7. The van der Waals surface area contributed by atoms with Crippen molar-refractivity contribution in [3.63, 3.8) is 0 Å². The molecule has 1 aromatic heterocycles. The maximum atomic E-state index is 6.53. The van der Waals surface area contributed by atoms with Crippen LogP contribution in [0.3, 0.4) is 0 Å². The van der Waals surface area contributed by atoms with Crippen molar-refractivity contribution in [3.8, 4) is 17.0 Å². The van der Waals surface area contributed by atoms with Crippen LogP contribution in [0.2, 0.25) is 0 Å². The number of benzene rings is 5. The van der Waals surface area contributed by atoms with Crippen LogP contribution >= 0.6 is 0 Å². The highest BCUT2D eigenvalue weighted by Gasteiger charge is 2.41. The summed E-state index contributed by atoms with van der Waals surface area (Å²) in [6.07, 6.45) is 20.5. The minimum atomic E-state index is 0.0418. The lowest BCUT2D eigenvalue weighted by Gasteiger charge is -2.29. The highest BCUT2D eigenvalue weighted by molar-refractivity contribution is 5.94. The Bertz CT molecular complexity index is 2680. The van der Waals surface area contributed by atoms with Crippen LogP contribution in [0.4, 0.5) is 11.6 Å². The maximum Gasteiger partial charge on any atom is 0.231 e. The van der Waals surface area contributed by atoms with Crippen molar-refractivity contribution in [2.45, 2.75) is 36.6 Å². The standard InChI is InChI=1S/C50H37N3O/c1-2-12-32(13-3-1)33-24-26-34(27-25-33)35-14-10-15-37(30-35)48-42-18-4-7-21-44(42)51-50(52-48)53-45-22-8-5-16-39(45)43-31-36(28-29-46(43)53)38-19-11-20-41-40-17-6-9-23-47(40)54-49(38)41/h1-19,21-26,28-31,34,41,43,46H,20,27H2. The Morgan fingerprint density at radius 2 is 1.44 bits per heavy atom. The molecule has 5 aliphatic rings. The molecule has 5 aromatic carbocycles. The van der Waals surface area contributed by atoms with Gasteiger partial charge in [0.1, 0.15) is 11.5 Å². The lowest BCUT2D eigenvalue weighted by atomic mass is 9.82. The Labute approximate surface area is 315 Å². The first-order chi connectivity index (χ1) is 26.8. The van der Waals surface area contributed by atoms with Gasteiger partial charge >= 0.3 is 0 Å². The van der Waals surface area contributed by atoms with Crippen LogP contribution in [0.15, 0.2) is 193 Å². The van der Waals surface area contributed by atoms with Gasteiger partial charge in [-0.25, -0.2) is 9.97 Å². The summed E-state index contributed by atoms with van der Waals surface area (Å²) in [7, 11) is 0. The van der Waals surface area contributed by atoms with E-state index >= 15 is 0 Å². The fourth-order valence-corrected chi connectivity index (χ4v) is 9.09. The van der Waals surface area contributed by atoms with Crippen LogP contribution in [0, 0.1) is 0 Å². The molecule has 0 radical (unpaired) electrons. The fourth-order valence-electron chi connectivity index (χ4n) is 9.09. The number of ether oxygens (including phenoxy) is 1. The summed E-state index contributed by atoms with van der Waals surface area (Å²) in [6, 6.07) is 45.3. The van der Waals surface area contributed by atoms with Gasteiger partial charge in [-0.1, -0.05) is 152 Å². The number of fused-ring (bicyclic) bond motifs is 7. The summed E-state index contributed by atoms with van der Waals surface area (Å²) < 4.78 is 6.53. The minimum Gasteiger partial charge on any atom is -0.460 e. The van der Waals surface area contributed by atoms with E-state index in [9.17, 15) is 0 Å². The van der Waals surface area contributed by atoms with Crippen molar-refractivity contribution >= 4 is 28.1 Å². The van der Waals surface area contributed by atoms with Crippen LogP contribution in [-0.4, -0.2) is 16.0 Å². The monoisotopic (exact) mass is 695 g/mol. The molecule has 0 saturated heterocycles. The van der Waals surface area contributed by atoms with Crippen LogP contribution in [-0.2, 0) is 0 Å². The SMILES string of the molecule is C1=CC(C2=CC3c4ccccc4N(c4nc(-c5cccc(C6C=CC(c7ccccc7)=CC6)c5)c5ccccc5n4)C3C=C2)=C2Oc3ccccc3C2C1. The number of aromatic nitrogens is 2. The van der Waals surface area contributed by atoms with Crippen LogP contribution in [0.1, 0.15) is 52.8 Å². The Morgan fingerprint density at radius 3 is 2.35 bits per heavy atom. The van der Waals surface area contributed by atoms with Gasteiger partial charge < -0.3 is 9.64 Å². The van der Waals surface area contributed by atoms with Gasteiger partial charge in [0, 0.05) is 45.5 Å². The van der Waals surface area contributed by atoms with E-state index in [1.54, 1.807) is 0 Å². The van der Waals surface area contributed by atoms with Gasteiger partial charge in [-0.15, -0.1) is 0 Å². The number of hydrogen-bond acceptors (Lipinski definition) is 4. The molecule has 4 atom stereocenters. The lowest BCUT2D eigenvalue weighted by molar-refractivity contribution is 0.420. The average molecular weight is 696 g/mol. The molecule has 0 saturated carbocycles. The quantitative estimate of drug-likeness (QED) is 0.180. The molecule has 0 fully saturated rings.